The number of hydrogen-bond donors (Lipinski definition) is 1. The van der Waals surface area contributed by atoms with Crippen LogP contribution in [0.1, 0.15) is 28.4 Å². The van der Waals surface area contributed by atoms with Crippen LogP contribution in [0.3, 0.4) is 0 Å². The molecule has 4 rings (SSSR count). The lowest BCUT2D eigenvalue weighted by molar-refractivity contribution is -0.127. The first-order valence-electron chi connectivity index (χ1n) is 8.48. The molecule has 1 saturated heterocycles. The summed E-state index contributed by atoms with van der Waals surface area (Å²) in [6.07, 6.45) is 9.35. The standard InChI is InChI=1S/C18H20N6O2/c1-22-10-14(9-21-22)17-13(7-16(25)23(17)2)8-20-18(26)12-3-4-15-19-5-6-24(15)11-12/h3-6,9-11,13,17H,7-8H2,1-2H3,(H,20,26)/t13-,17+/m0/s1. The van der Waals surface area contributed by atoms with Crippen molar-refractivity contribution in [1.29, 1.82) is 0 Å². The number of pyridine rings is 1. The molecule has 0 aromatic carbocycles. The van der Waals surface area contributed by atoms with Gasteiger partial charge in [0.15, 0.2) is 0 Å². The molecule has 1 N–H and O–H groups in total. The summed E-state index contributed by atoms with van der Waals surface area (Å²) in [7, 11) is 3.65. The van der Waals surface area contributed by atoms with Gasteiger partial charge >= 0.3 is 0 Å². The average Bonchev–Trinajstić information content (AvgIpc) is 3.32. The van der Waals surface area contributed by atoms with E-state index in [1.165, 1.54) is 0 Å². The average molecular weight is 352 g/mol. The smallest absolute Gasteiger partial charge is 0.252 e. The lowest BCUT2D eigenvalue weighted by Crippen LogP contribution is -2.32. The van der Waals surface area contributed by atoms with Crippen LogP contribution in [0.4, 0.5) is 0 Å². The van der Waals surface area contributed by atoms with Crippen molar-refractivity contribution in [2.75, 3.05) is 13.6 Å². The van der Waals surface area contributed by atoms with E-state index in [1.54, 1.807) is 58.0 Å². The summed E-state index contributed by atoms with van der Waals surface area (Å²) in [6.45, 7) is 0.427. The zero-order valence-corrected chi connectivity index (χ0v) is 14.7. The number of amides is 2. The number of imidazole rings is 1. The Morgan fingerprint density at radius 2 is 2.15 bits per heavy atom. The number of carbonyl (C=O) groups excluding carboxylic acids is 2. The molecule has 1 aliphatic rings. The number of likely N-dealkylation sites (tertiary alicyclic amines) is 1. The number of nitrogens with zero attached hydrogens (tertiary/aromatic N) is 5. The summed E-state index contributed by atoms with van der Waals surface area (Å²) in [5, 5.41) is 7.17. The minimum absolute atomic E-state index is 0.0117. The van der Waals surface area contributed by atoms with Gasteiger partial charge in [-0.2, -0.15) is 5.10 Å². The molecule has 0 unspecified atom stereocenters. The fourth-order valence-corrected chi connectivity index (χ4v) is 3.60. The highest BCUT2D eigenvalue weighted by Crippen LogP contribution is 2.36. The molecular formula is C18H20N6O2. The van der Waals surface area contributed by atoms with E-state index in [2.05, 4.69) is 15.4 Å². The highest BCUT2D eigenvalue weighted by atomic mass is 16.2. The largest absolute Gasteiger partial charge is 0.352 e. The fourth-order valence-electron chi connectivity index (χ4n) is 3.60. The van der Waals surface area contributed by atoms with E-state index in [9.17, 15) is 9.59 Å². The van der Waals surface area contributed by atoms with Crippen molar-refractivity contribution in [2.45, 2.75) is 12.5 Å². The van der Waals surface area contributed by atoms with Crippen molar-refractivity contribution in [1.82, 2.24) is 29.4 Å². The quantitative estimate of drug-likeness (QED) is 0.760. The van der Waals surface area contributed by atoms with E-state index in [1.807, 2.05) is 13.2 Å². The molecule has 0 bridgehead atoms. The minimum Gasteiger partial charge on any atom is -0.352 e. The van der Waals surface area contributed by atoms with Crippen LogP contribution in [0.25, 0.3) is 5.65 Å². The predicted molar refractivity (Wildman–Crippen MR) is 94.4 cm³/mol. The third-order valence-corrected chi connectivity index (χ3v) is 4.94. The highest BCUT2D eigenvalue weighted by Gasteiger charge is 2.39. The van der Waals surface area contributed by atoms with Crippen molar-refractivity contribution < 1.29 is 9.59 Å². The molecule has 2 atom stereocenters. The van der Waals surface area contributed by atoms with Gasteiger partial charge in [0, 0.05) is 63.3 Å². The van der Waals surface area contributed by atoms with Gasteiger partial charge in [-0.25, -0.2) is 4.98 Å². The normalized spacial score (nSPS) is 20.1. The van der Waals surface area contributed by atoms with Gasteiger partial charge in [0.05, 0.1) is 17.8 Å². The van der Waals surface area contributed by atoms with E-state index in [4.69, 9.17) is 0 Å². The molecule has 134 valence electrons. The molecule has 1 fully saturated rings. The van der Waals surface area contributed by atoms with E-state index in [0.29, 0.717) is 18.5 Å². The molecule has 2 amide bonds. The highest BCUT2D eigenvalue weighted by molar-refractivity contribution is 5.94. The molecule has 0 aliphatic carbocycles. The number of fused-ring (bicyclic) bond motifs is 1. The first-order chi connectivity index (χ1) is 12.5. The molecule has 0 saturated carbocycles. The summed E-state index contributed by atoms with van der Waals surface area (Å²) in [4.78, 5) is 30.6. The molecule has 8 heteroatoms. The summed E-state index contributed by atoms with van der Waals surface area (Å²) >= 11 is 0. The van der Waals surface area contributed by atoms with Gasteiger partial charge in [0.25, 0.3) is 5.91 Å². The second-order valence-electron chi connectivity index (χ2n) is 6.68. The number of nitrogens with one attached hydrogen (secondary N) is 1. The first kappa shape index (κ1) is 16.3. The number of aryl methyl sites for hydroxylation is 1. The lowest BCUT2D eigenvalue weighted by Gasteiger charge is -2.24. The van der Waals surface area contributed by atoms with Gasteiger partial charge in [0.2, 0.25) is 5.91 Å². The molecule has 8 nitrogen and oxygen atoms in total. The van der Waals surface area contributed by atoms with Crippen molar-refractivity contribution >= 4 is 17.5 Å². The van der Waals surface area contributed by atoms with Crippen LogP contribution in [0.15, 0.2) is 43.1 Å². The van der Waals surface area contributed by atoms with Gasteiger partial charge in [0.1, 0.15) is 5.65 Å². The van der Waals surface area contributed by atoms with Gasteiger partial charge in [-0.15, -0.1) is 0 Å². The maximum atomic E-state index is 12.5. The predicted octanol–water partition coefficient (Wildman–Crippen LogP) is 1.02. The van der Waals surface area contributed by atoms with Gasteiger partial charge in [-0.1, -0.05) is 0 Å². The second kappa shape index (κ2) is 6.29. The molecule has 1 aliphatic heterocycles. The zero-order valence-electron chi connectivity index (χ0n) is 14.7. The SMILES string of the molecule is CN1C(=O)C[C@@H](CNC(=O)c2ccc3nccn3c2)[C@@H]1c1cnn(C)c1. The molecule has 3 aromatic rings. The summed E-state index contributed by atoms with van der Waals surface area (Å²) in [5.41, 5.74) is 2.34. The molecule has 0 spiro atoms. The van der Waals surface area contributed by atoms with Crippen LogP contribution in [0.2, 0.25) is 0 Å². The number of aromatic nitrogens is 4. The van der Waals surface area contributed by atoms with E-state index < -0.39 is 0 Å². The Hall–Kier alpha value is -3.16. The van der Waals surface area contributed by atoms with E-state index >= 15 is 0 Å². The van der Waals surface area contributed by atoms with Crippen LogP contribution >= 0.6 is 0 Å². The van der Waals surface area contributed by atoms with Gasteiger partial charge in [-0.3, -0.25) is 14.3 Å². The molecular weight excluding hydrogens is 332 g/mol. The van der Waals surface area contributed by atoms with Crippen molar-refractivity contribution in [2.24, 2.45) is 13.0 Å². The molecule has 0 radical (unpaired) electrons. The summed E-state index contributed by atoms with van der Waals surface area (Å²) < 4.78 is 3.53. The Balaban J connectivity index is 1.48. The zero-order chi connectivity index (χ0) is 18.3. The Morgan fingerprint density at radius 3 is 2.92 bits per heavy atom. The van der Waals surface area contributed by atoms with E-state index in [0.717, 1.165) is 11.2 Å². The van der Waals surface area contributed by atoms with Crippen LogP contribution in [-0.2, 0) is 11.8 Å². The summed E-state index contributed by atoms with van der Waals surface area (Å²) in [5.74, 6) is -0.0666. The second-order valence-corrected chi connectivity index (χ2v) is 6.68. The molecule has 26 heavy (non-hydrogen) atoms. The van der Waals surface area contributed by atoms with Crippen LogP contribution in [-0.4, -0.2) is 49.5 Å². The maximum absolute atomic E-state index is 12.5. The van der Waals surface area contributed by atoms with Crippen LogP contribution in [0.5, 0.6) is 0 Å². The first-order valence-corrected chi connectivity index (χ1v) is 8.48. The van der Waals surface area contributed by atoms with Gasteiger partial charge in [-0.05, 0) is 12.1 Å². The topological polar surface area (TPSA) is 84.5 Å². The maximum Gasteiger partial charge on any atom is 0.252 e. The Labute approximate surface area is 150 Å². The number of carbonyl (C=O) groups is 2. The summed E-state index contributed by atoms with van der Waals surface area (Å²) in [6, 6.07) is 3.48. The number of rotatable bonds is 4. The third-order valence-electron chi connectivity index (χ3n) is 4.94. The Kier molecular flexibility index (Phi) is 3.95. The number of hydrogen-bond acceptors (Lipinski definition) is 4. The Morgan fingerprint density at radius 1 is 1.31 bits per heavy atom. The minimum atomic E-state index is -0.160. The van der Waals surface area contributed by atoms with Crippen molar-refractivity contribution in [3.63, 3.8) is 0 Å². The Bertz CT molecular complexity index is 975. The van der Waals surface area contributed by atoms with E-state index in [-0.39, 0.29) is 23.8 Å². The fraction of sp³-hybridized carbons (Fsp3) is 0.333. The lowest BCUT2D eigenvalue weighted by atomic mass is 9.95. The molecule has 3 aromatic heterocycles. The van der Waals surface area contributed by atoms with Gasteiger partial charge < -0.3 is 14.6 Å². The van der Waals surface area contributed by atoms with Crippen LogP contribution in [0, 0.1) is 5.92 Å². The van der Waals surface area contributed by atoms with Crippen molar-refractivity contribution in [3.8, 4) is 0 Å². The monoisotopic (exact) mass is 352 g/mol. The molecule has 4 heterocycles. The third kappa shape index (κ3) is 2.83. The van der Waals surface area contributed by atoms with Crippen LogP contribution < -0.4 is 5.32 Å². The van der Waals surface area contributed by atoms with Crippen molar-refractivity contribution in [3.05, 3.63) is 54.2 Å².